The first-order chi connectivity index (χ1) is 13.3. The summed E-state index contributed by atoms with van der Waals surface area (Å²) in [5, 5.41) is 7.46. The largest absolute Gasteiger partial charge is 0.375 e. The third-order valence-corrected chi connectivity index (χ3v) is 4.74. The van der Waals surface area contributed by atoms with Gasteiger partial charge in [0.25, 0.3) is 0 Å². The molecule has 1 aliphatic rings. The number of aromatic nitrogens is 1. The normalized spacial score (nSPS) is 16.6. The molecule has 0 bridgehead atoms. The lowest BCUT2D eigenvalue weighted by atomic mass is 10.2. The summed E-state index contributed by atoms with van der Waals surface area (Å²) in [6.07, 6.45) is 2.79. The van der Waals surface area contributed by atoms with E-state index < -0.39 is 0 Å². The summed E-state index contributed by atoms with van der Waals surface area (Å²) in [5.41, 5.74) is 1.18. The van der Waals surface area contributed by atoms with E-state index in [1.807, 2.05) is 30.3 Å². The van der Waals surface area contributed by atoms with Crippen LogP contribution in [-0.2, 0) is 11.3 Å². The van der Waals surface area contributed by atoms with Crippen LogP contribution in [0, 0.1) is 0 Å². The molecule has 2 aromatic rings. The minimum atomic E-state index is 0. The topological polar surface area (TPSA) is 61.8 Å². The Bertz CT molecular complexity index is 746. The first-order valence-corrected chi connectivity index (χ1v) is 9.58. The number of rotatable bonds is 7. The van der Waals surface area contributed by atoms with E-state index in [0.717, 1.165) is 31.3 Å². The molecule has 1 aliphatic heterocycles. The summed E-state index contributed by atoms with van der Waals surface area (Å²) < 4.78 is 5.70. The molecular formula is C20H27ClIN5O. The number of aliphatic imine (C=N–C) groups is 1. The molecule has 0 radical (unpaired) electrons. The Balaban J connectivity index is 0.00000280. The van der Waals surface area contributed by atoms with Gasteiger partial charge in [-0.15, -0.1) is 24.0 Å². The average Bonchev–Trinajstić information content (AvgIpc) is 3.16. The van der Waals surface area contributed by atoms with Gasteiger partial charge in [0, 0.05) is 38.9 Å². The van der Waals surface area contributed by atoms with Crippen LogP contribution in [0.1, 0.15) is 12.0 Å². The van der Waals surface area contributed by atoms with Crippen molar-refractivity contribution in [1.82, 2.24) is 15.6 Å². The van der Waals surface area contributed by atoms with Crippen LogP contribution in [0.25, 0.3) is 0 Å². The highest BCUT2D eigenvalue weighted by Crippen LogP contribution is 2.25. The van der Waals surface area contributed by atoms with Gasteiger partial charge in [0.15, 0.2) is 5.96 Å². The second-order valence-electron chi connectivity index (χ2n) is 6.42. The molecule has 1 aromatic heterocycles. The lowest BCUT2D eigenvalue weighted by Gasteiger charge is -2.20. The molecule has 1 aromatic carbocycles. The highest BCUT2D eigenvalue weighted by molar-refractivity contribution is 14.0. The van der Waals surface area contributed by atoms with Gasteiger partial charge in [0.1, 0.15) is 5.82 Å². The Labute approximate surface area is 188 Å². The zero-order chi connectivity index (χ0) is 18.9. The van der Waals surface area contributed by atoms with E-state index in [4.69, 9.17) is 16.3 Å². The predicted molar refractivity (Wildman–Crippen MR) is 126 cm³/mol. The van der Waals surface area contributed by atoms with E-state index in [1.165, 1.54) is 5.56 Å². The Hall–Kier alpha value is -1.58. The number of ether oxygens (including phenoxy) is 1. The molecule has 1 fully saturated rings. The predicted octanol–water partition coefficient (Wildman–Crippen LogP) is 3.31. The maximum absolute atomic E-state index is 6.25. The lowest BCUT2D eigenvalue weighted by molar-refractivity contribution is 0.125. The van der Waals surface area contributed by atoms with Gasteiger partial charge in [-0.2, -0.15) is 0 Å². The summed E-state index contributed by atoms with van der Waals surface area (Å²) >= 11 is 6.25. The van der Waals surface area contributed by atoms with Crippen molar-refractivity contribution in [3.63, 3.8) is 0 Å². The number of nitrogens with one attached hydrogen (secondary N) is 2. The Morgan fingerprint density at radius 2 is 2.11 bits per heavy atom. The Kier molecular flexibility index (Phi) is 9.80. The summed E-state index contributed by atoms with van der Waals surface area (Å²) in [4.78, 5) is 10.9. The quantitative estimate of drug-likeness (QED) is 0.256. The maximum atomic E-state index is 6.25. The van der Waals surface area contributed by atoms with E-state index in [-0.39, 0.29) is 24.0 Å². The van der Waals surface area contributed by atoms with E-state index >= 15 is 0 Å². The fourth-order valence-electron chi connectivity index (χ4n) is 3.07. The van der Waals surface area contributed by atoms with Crippen molar-refractivity contribution in [3.05, 3.63) is 59.2 Å². The summed E-state index contributed by atoms with van der Waals surface area (Å²) in [7, 11) is 1.78. The van der Waals surface area contributed by atoms with Crippen LogP contribution < -0.4 is 15.5 Å². The van der Waals surface area contributed by atoms with Crippen molar-refractivity contribution in [2.45, 2.75) is 19.1 Å². The van der Waals surface area contributed by atoms with Crippen LogP contribution in [-0.4, -0.2) is 50.3 Å². The number of benzene rings is 1. The van der Waals surface area contributed by atoms with E-state index in [2.05, 4.69) is 37.6 Å². The zero-order valence-electron chi connectivity index (χ0n) is 16.0. The molecule has 0 saturated carbocycles. The second kappa shape index (κ2) is 12.1. The minimum Gasteiger partial charge on any atom is -0.375 e. The molecule has 1 saturated heterocycles. The first-order valence-electron chi connectivity index (χ1n) is 9.20. The number of hydrogen-bond acceptors (Lipinski definition) is 4. The van der Waals surface area contributed by atoms with Gasteiger partial charge in [-0.3, -0.25) is 4.99 Å². The summed E-state index contributed by atoms with van der Waals surface area (Å²) in [6, 6.07) is 14.2. The molecule has 3 rings (SSSR count). The molecule has 2 N–H and O–H groups in total. The highest BCUT2D eigenvalue weighted by Gasteiger charge is 2.25. The third-order valence-electron chi connectivity index (χ3n) is 4.44. The van der Waals surface area contributed by atoms with Gasteiger partial charge in [-0.05, 0) is 24.1 Å². The number of hydrogen-bond donors (Lipinski definition) is 2. The molecule has 1 unspecified atom stereocenters. The van der Waals surface area contributed by atoms with Crippen molar-refractivity contribution in [2.24, 2.45) is 4.99 Å². The molecule has 0 spiro atoms. The van der Waals surface area contributed by atoms with Crippen molar-refractivity contribution in [2.75, 3.05) is 38.2 Å². The number of guanidine groups is 1. The monoisotopic (exact) mass is 515 g/mol. The van der Waals surface area contributed by atoms with E-state index in [9.17, 15) is 0 Å². The summed E-state index contributed by atoms with van der Waals surface area (Å²) in [5.74, 6) is 1.64. The fraction of sp³-hybridized carbons (Fsp3) is 0.400. The number of halogens is 2. The van der Waals surface area contributed by atoms with Gasteiger partial charge in [-0.25, -0.2) is 4.98 Å². The van der Waals surface area contributed by atoms with Gasteiger partial charge in [0.05, 0.1) is 18.2 Å². The highest BCUT2D eigenvalue weighted by atomic mass is 127. The smallest absolute Gasteiger partial charge is 0.191 e. The van der Waals surface area contributed by atoms with Gasteiger partial charge >= 0.3 is 0 Å². The molecule has 0 amide bonds. The minimum absolute atomic E-state index is 0. The van der Waals surface area contributed by atoms with Crippen molar-refractivity contribution in [1.29, 1.82) is 0 Å². The fourth-order valence-corrected chi connectivity index (χ4v) is 3.32. The number of pyridine rings is 1. The standard InChI is InChI=1S/C20H26ClN5O.HI/c1-22-20(24-11-13-27-15-16-6-3-2-4-7-16)25-17-9-12-26(14-17)19-18(21)8-5-10-23-19;/h2-8,10,17H,9,11-15H2,1H3,(H2,22,24,25);1H. The van der Waals surface area contributed by atoms with Crippen molar-refractivity contribution >= 4 is 47.4 Å². The van der Waals surface area contributed by atoms with Crippen LogP contribution >= 0.6 is 35.6 Å². The van der Waals surface area contributed by atoms with E-state index in [0.29, 0.717) is 30.8 Å². The third kappa shape index (κ3) is 6.79. The van der Waals surface area contributed by atoms with E-state index in [1.54, 1.807) is 13.2 Å². The second-order valence-corrected chi connectivity index (χ2v) is 6.83. The first kappa shape index (κ1) is 22.7. The number of anilines is 1. The lowest BCUT2D eigenvalue weighted by Crippen LogP contribution is -2.45. The van der Waals surface area contributed by atoms with Gasteiger partial charge in [0.2, 0.25) is 0 Å². The Morgan fingerprint density at radius 3 is 2.86 bits per heavy atom. The molecule has 152 valence electrons. The van der Waals surface area contributed by atoms with Crippen LogP contribution in [0.5, 0.6) is 0 Å². The molecule has 0 aliphatic carbocycles. The van der Waals surface area contributed by atoms with Crippen molar-refractivity contribution < 1.29 is 4.74 Å². The van der Waals surface area contributed by atoms with Gasteiger partial charge < -0.3 is 20.3 Å². The molecule has 6 nitrogen and oxygen atoms in total. The van der Waals surface area contributed by atoms with Crippen LogP contribution in [0.3, 0.4) is 0 Å². The van der Waals surface area contributed by atoms with Crippen LogP contribution in [0.2, 0.25) is 5.02 Å². The van der Waals surface area contributed by atoms with Crippen LogP contribution in [0.15, 0.2) is 53.7 Å². The zero-order valence-corrected chi connectivity index (χ0v) is 19.1. The maximum Gasteiger partial charge on any atom is 0.191 e. The molecule has 1 atom stereocenters. The number of nitrogens with zero attached hydrogens (tertiary/aromatic N) is 3. The van der Waals surface area contributed by atoms with Gasteiger partial charge in [-0.1, -0.05) is 41.9 Å². The molecule has 28 heavy (non-hydrogen) atoms. The molecule has 2 heterocycles. The SMILES string of the molecule is CN=C(NCCOCc1ccccc1)NC1CCN(c2ncccc2Cl)C1.I. The Morgan fingerprint density at radius 1 is 1.29 bits per heavy atom. The molecular weight excluding hydrogens is 489 g/mol. The molecule has 8 heteroatoms. The van der Waals surface area contributed by atoms with Crippen molar-refractivity contribution in [3.8, 4) is 0 Å². The van der Waals surface area contributed by atoms with Crippen LogP contribution in [0.4, 0.5) is 5.82 Å². The summed E-state index contributed by atoms with van der Waals surface area (Å²) in [6.45, 7) is 3.72. The average molecular weight is 516 g/mol.